The molecule has 0 aromatic carbocycles. The van der Waals surface area contributed by atoms with Gasteiger partial charge in [0, 0.05) is 50.3 Å². The van der Waals surface area contributed by atoms with E-state index in [0.29, 0.717) is 6.54 Å². The zero-order valence-electron chi connectivity index (χ0n) is 20.6. The quantitative estimate of drug-likeness (QED) is 0.408. The molecule has 1 atom stereocenters. The second-order valence-corrected chi connectivity index (χ2v) is 11.4. The molecular weight excluding hydrogens is 455 g/mol. The predicted octanol–water partition coefficient (Wildman–Crippen LogP) is 3.86. The first kappa shape index (κ1) is 21.9. The maximum Gasteiger partial charge on any atom is 0.137 e. The van der Waals surface area contributed by atoms with Gasteiger partial charge in [-0.15, -0.1) is 5.10 Å². The Labute approximate surface area is 209 Å². The summed E-state index contributed by atoms with van der Waals surface area (Å²) < 4.78 is 17.6. The van der Waals surface area contributed by atoms with Crippen LogP contribution in [0.3, 0.4) is 0 Å². The summed E-state index contributed by atoms with van der Waals surface area (Å²) >= 11 is 0. The largest absolute Gasteiger partial charge is 0.370 e. The van der Waals surface area contributed by atoms with Crippen LogP contribution in [0.25, 0.3) is 16.9 Å². The molecule has 2 bridgehead atoms. The molecule has 4 aliphatic rings. The highest BCUT2D eigenvalue weighted by Gasteiger charge is 2.68. The molecule has 0 spiro atoms. The molecule has 4 aromatic rings. The van der Waals surface area contributed by atoms with Crippen LogP contribution in [0.4, 0.5) is 10.1 Å². The van der Waals surface area contributed by atoms with Gasteiger partial charge in [-0.3, -0.25) is 4.98 Å². The maximum absolute atomic E-state index is 13.7. The molecule has 8 rings (SSSR count). The molecule has 1 saturated heterocycles. The summed E-state index contributed by atoms with van der Waals surface area (Å²) in [6, 6.07) is 6.30. The number of anilines is 1. The molecule has 9 heteroatoms. The fraction of sp³-hybridized carbons (Fsp3) is 0.481. The Morgan fingerprint density at radius 2 is 2.03 bits per heavy atom. The van der Waals surface area contributed by atoms with Gasteiger partial charge >= 0.3 is 0 Å². The summed E-state index contributed by atoms with van der Waals surface area (Å²) in [5, 5.41) is 12.3. The average molecular weight is 487 g/mol. The fourth-order valence-corrected chi connectivity index (χ4v) is 6.38. The van der Waals surface area contributed by atoms with Crippen LogP contribution in [-0.2, 0) is 13.1 Å². The number of hydrogen-bond donors (Lipinski definition) is 1. The lowest BCUT2D eigenvalue weighted by Crippen LogP contribution is -2.67. The first-order chi connectivity index (χ1) is 17.4. The van der Waals surface area contributed by atoms with E-state index in [4.69, 9.17) is 4.98 Å². The van der Waals surface area contributed by atoms with E-state index in [0.717, 1.165) is 79.6 Å². The molecule has 1 N–H and O–H groups in total. The van der Waals surface area contributed by atoms with Crippen molar-refractivity contribution >= 4 is 11.3 Å². The molecule has 186 valence electrons. The van der Waals surface area contributed by atoms with Gasteiger partial charge in [-0.2, -0.15) is 0 Å². The zero-order valence-corrected chi connectivity index (χ0v) is 20.6. The van der Waals surface area contributed by atoms with E-state index in [1.54, 1.807) is 0 Å². The van der Waals surface area contributed by atoms with Gasteiger partial charge < -0.3 is 14.6 Å². The van der Waals surface area contributed by atoms with Crippen LogP contribution in [-0.4, -0.2) is 54.7 Å². The zero-order chi connectivity index (χ0) is 24.3. The highest BCUT2D eigenvalue weighted by atomic mass is 19.1. The summed E-state index contributed by atoms with van der Waals surface area (Å²) in [4.78, 5) is 11.6. The number of nitrogens with one attached hydrogen (secondary N) is 1. The predicted molar refractivity (Wildman–Crippen MR) is 135 cm³/mol. The van der Waals surface area contributed by atoms with Crippen molar-refractivity contribution in [1.29, 1.82) is 0 Å². The van der Waals surface area contributed by atoms with Gasteiger partial charge in [0.15, 0.2) is 0 Å². The van der Waals surface area contributed by atoms with Crippen LogP contribution in [0.15, 0.2) is 49.2 Å². The highest BCUT2D eigenvalue weighted by molar-refractivity contribution is 5.63. The van der Waals surface area contributed by atoms with E-state index in [1.165, 1.54) is 12.0 Å². The van der Waals surface area contributed by atoms with Crippen molar-refractivity contribution in [2.45, 2.75) is 51.4 Å². The van der Waals surface area contributed by atoms with Crippen LogP contribution >= 0.6 is 0 Å². The number of nitrogens with zero attached hydrogens (tertiary/aromatic N) is 7. The van der Waals surface area contributed by atoms with Gasteiger partial charge in [0.05, 0.1) is 30.3 Å². The van der Waals surface area contributed by atoms with Crippen LogP contribution in [0.1, 0.15) is 43.9 Å². The van der Waals surface area contributed by atoms with Crippen molar-refractivity contribution in [1.82, 2.24) is 34.7 Å². The smallest absolute Gasteiger partial charge is 0.137 e. The standard InChI is InChI=1S/C27H31FN8/c1-19-4-5-34(10-19)23-6-21(8-29-9-23)24-14-36(33-32-24)13-22-12-35-11-20(2-3-25(35)31-22)7-30-18-26-15-27(28,16-26)17-26/h2-3,6,8-9,11-12,14,19,30H,4-5,7,10,13,15-18H2,1H3. The second kappa shape index (κ2) is 8.09. The number of halogens is 1. The number of rotatable bonds is 8. The SMILES string of the molecule is CC1CCN(c2cncc(-c3cn(Cc4cn5cc(CNCC67CC(F)(C6)C7)ccc5n4)nn3)c2)C1. The topological polar surface area (TPSA) is 76.2 Å². The minimum atomic E-state index is -0.827. The third-order valence-corrected chi connectivity index (χ3v) is 8.14. The van der Waals surface area contributed by atoms with Gasteiger partial charge in [-0.25, -0.2) is 14.1 Å². The number of fused-ring (bicyclic) bond motifs is 1. The lowest BCUT2D eigenvalue weighted by atomic mass is 9.42. The Bertz CT molecular complexity index is 1400. The lowest BCUT2D eigenvalue weighted by molar-refractivity contribution is -0.209. The Morgan fingerprint density at radius 1 is 1.14 bits per heavy atom. The number of aromatic nitrogens is 6. The summed E-state index contributed by atoms with van der Waals surface area (Å²) in [6.07, 6.45) is 13.3. The number of hydrogen-bond acceptors (Lipinski definition) is 6. The molecular formula is C27H31FN8. The Hall–Kier alpha value is -3.33. The van der Waals surface area contributed by atoms with E-state index in [-0.39, 0.29) is 5.41 Å². The molecule has 3 aliphatic carbocycles. The Balaban J connectivity index is 1.00. The summed E-state index contributed by atoms with van der Waals surface area (Å²) in [7, 11) is 0. The van der Waals surface area contributed by atoms with E-state index >= 15 is 0 Å². The van der Waals surface area contributed by atoms with E-state index in [1.807, 2.05) is 35.5 Å². The number of pyridine rings is 2. The van der Waals surface area contributed by atoms with E-state index in [9.17, 15) is 4.39 Å². The van der Waals surface area contributed by atoms with Gasteiger partial charge in [0.25, 0.3) is 0 Å². The molecule has 1 unspecified atom stereocenters. The van der Waals surface area contributed by atoms with Crippen molar-refractivity contribution in [3.63, 3.8) is 0 Å². The normalized spacial score (nSPS) is 26.8. The van der Waals surface area contributed by atoms with Gasteiger partial charge in [-0.1, -0.05) is 18.2 Å². The van der Waals surface area contributed by atoms with Gasteiger partial charge in [-0.05, 0) is 54.7 Å². The molecule has 5 heterocycles. The maximum atomic E-state index is 13.7. The molecule has 3 saturated carbocycles. The lowest BCUT2D eigenvalue weighted by Gasteiger charge is -2.66. The first-order valence-corrected chi connectivity index (χ1v) is 12.9. The molecule has 36 heavy (non-hydrogen) atoms. The molecule has 4 aromatic heterocycles. The number of imidazole rings is 1. The average Bonchev–Trinajstić information content (AvgIpc) is 3.57. The minimum absolute atomic E-state index is 0.224. The van der Waals surface area contributed by atoms with Crippen LogP contribution < -0.4 is 10.2 Å². The van der Waals surface area contributed by atoms with Crippen molar-refractivity contribution in [2.24, 2.45) is 11.3 Å². The van der Waals surface area contributed by atoms with Crippen LogP contribution in [0, 0.1) is 11.3 Å². The van der Waals surface area contributed by atoms with E-state index in [2.05, 4.69) is 55.2 Å². The molecule has 0 amide bonds. The second-order valence-electron chi connectivity index (χ2n) is 11.4. The molecule has 0 radical (unpaired) electrons. The van der Waals surface area contributed by atoms with Crippen molar-refractivity contribution in [2.75, 3.05) is 24.5 Å². The van der Waals surface area contributed by atoms with Crippen molar-refractivity contribution < 1.29 is 4.39 Å². The highest BCUT2D eigenvalue weighted by Crippen LogP contribution is 2.69. The summed E-state index contributed by atoms with van der Waals surface area (Å²) in [5.41, 5.74) is 5.36. The van der Waals surface area contributed by atoms with Gasteiger partial charge in [0.1, 0.15) is 17.0 Å². The molecule has 8 nitrogen and oxygen atoms in total. The minimum Gasteiger partial charge on any atom is -0.370 e. The van der Waals surface area contributed by atoms with Crippen LogP contribution in [0.5, 0.6) is 0 Å². The first-order valence-electron chi connectivity index (χ1n) is 12.9. The van der Waals surface area contributed by atoms with E-state index < -0.39 is 5.67 Å². The number of alkyl halides is 1. The Kier molecular flexibility index (Phi) is 4.93. The Morgan fingerprint density at radius 3 is 2.83 bits per heavy atom. The molecule has 4 fully saturated rings. The summed E-state index contributed by atoms with van der Waals surface area (Å²) in [6.45, 7) is 6.67. The van der Waals surface area contributed by atoms with Crippen LogP contribution in [0.2, 0.25) is 0 Å². The third-order valence-electron chi connectivity index (χ3n) is 8.14. The summed E-state index contributed by atoms with van der Waals surface area (Å²) in [5.74, 6) is 0.718. The van der Waals surface area contributed by atoms with Crippen molar-refractivity contribution in [3.8, 4) is 11.3 Å². The third kappa shape index (κ3) is 3.95. The van der Waals surface area contributed by atoms with Crippen molar-refractivity contribution in [3.05, 3.63) is 60.4 Å². The van der Waals surface area contributed by atoms with Gasteiger partial charge in [0.2, 0.25) is 0 Å². The fourth-order valence-electron chi connectivity index (χ4n) is 6.38. The monoisotopic (exact) mass is 486 g/mol. The molecule has 1 aliphatic heterocycles.